The van der Waals surface area contributed by atoms with Crippen LogP contribution >= 0.6 is 0 Å². The van der Waals surface area contributed by atoms with Crippen molar-refractivity contribution in [2.24, 2.45) is 11.1 Å². The van der Waals surface area contributed by atoms with E-state index in [1.165, 1.54) is 0 Å². The van der Waals surface area contributed by atoms with E-state index in [2.05, 4.69) is 26.1 Å². The van der Waals surface area contributed by atoms with Gasteiger partial charge < -0.3 is 11.1 Å². The lowest BCUT2D eigenvalue weighted by molar-refractivity contribution is 0.0905. The molecule has 3 nitrogen and oxygen atoms in total. The molecule has 0 aliphatic heterocycles. The third-order valence-corrected chi connectivity index (χ3v) is 3.22. The average molecular weight is 248 g/mol. The smallest absolute Gasteiger partial charge is 0.251 e. The summed E-state index contributed by atoms with van der Waals surface area (Å²) < 4.78 is 0. The minimum atomic E-state index is -0.0402. The molecule has 0 saturated carbocycles. The van der Waals surface area contributed by atoms with E-state index >= 15 is 0 Å². The molecule has 1 aromatic rings. The molecule has 18 heavy (non-hydrogen) atoms. The molecule has 1 aromatic carbocycles. The van der Waals surface area contributed by atoms with Gasteiger partial charge in [0.2, 0.25) is 0 Å². The number of rotatable bonds is 3. The number of benzene rings is 1. The van der Waals surface area contributed by atoms with E-state index in [0.717, 1.165) is 16.7 Å². The Hall–Kier alpha value is -1.35. The SMILES string of the molecule is Cc1ccc(C)c(C(=O)NC(CN)C(C)(C)C)c1. The highest BCUT2D eigenvalue weighted by Gasteiger charge is 2.25. The van der Waals surface area contributed by atoms with E-state index in [9.17, 15) is 4.79 Å². The van der Waals surface area contributed by atoms with Gasteiger partial charge in [0, 0.05) is 18.2 Å². The van der Waals surface area contributed by atoms with Crippen molar-refractivity contribution in [2.45, 2.75) is 40.7 Å². The van der Waals surface area contributed by atoms with Crippen LogP contribution in [0.2, 0.25) is 0 Å². The lowest BCUT2D eigenvalue weighted by atomic mass is 9.86. The average Bonchev–Trinajstić information content (AvgIpc) is 2.27. The molecule has 100 valence electrons. The van der Waals surface area contributed by atoms with E-state index in [1.807, 2.05) is 32.0 Å². The second-order valence-corrected chi connectivity index (χ2v) is 5.95. The van der Waals surface area contributed by atoms with Crippen LogP contribution < -0.4 is 11.1 Å². The van der Waals surface area contributed by atoms with Crippen molar-refractivity contribution in [3.05, 3.63) is 34.9 Å². The summed E-state index contributed by atoms with van der Waals surface area (Å²) >= 11 is 0. The summed E-state index contributed by atoms with van der Waals surface area (Å²) in [7, 11) is 0. The standard InChI is InChI=1S/C15H24N2O/c1-10-6-7-11(2)12(8-10)14(18)17-13(9-16)15(3,4)5/h6-8,13H,9,16H2,1-5H3,(H,17,18). The predicted octanol–water partition coefficient (Wildman–Crippen LogP) is 2.41. The molecule has 0 aliphatic carbocycles. The lowest BCUT2D eigenvalue weighted by Crippen LogP contribution is -2.48. The number of hydrogen-bond donors (Lipinski definition) is 2. The first-order valence-electron chi connectivity index (χ1n) is 6.34. The quantitative estimate of drug-likeness (QED) is 0.863. The van der Waals surface area contributed by atoms with Crippen LogP contribution in [0.15, 0.2) is 18.2 Å². The van der Waals surface area contributed by atoms with Crippen LogP contribution in [0, 0.1) is 19.3 Å². The van der Waals surface area contributed by atoms with Crippen molar-refractivity contribution in [3.63, 3.8) is 0 Å². The summed E-state index contributed by atoms with van der Waals surface area (Å²) in [4.78, 5) is 12.3. The first kappa shape index (κ1) is 14.7. The summed E-state index contributed by atoms with van der Waals surface area (Å²) in [6, 6.07) is 5.88. The van der Waals surface area contributed by atoms with E-state index in [0.29, 0.717) is 6.54 Å². The zero-order valence-electron chi connectivity index (χ0n) is 12.0. The fraction of sp³-hybridized carbons (Fsp3) is 0.533. The van der Waals surface area contributed by atoms with Crippen LogP contribution in [-0.2, 0) is 0 Å². The third-order valence-electron chi connectivity index (χ3n) is 3.22. The summed E-state index contributed by atoms with van der Waals surface area (Å²) in [6.45, 7) is 10.6. The van der Waals surface area contributed by atoms with Gasteiger partial charge in [-0.25, -0.2) is 0 Å². The zero-order valence-corrected chi connectivity index (χ0v) is 12.0. The first-order chi connectivity index (χ1) is 8.25. The Morgan fingerprint density at radius 2 is 1.94 bits per heavy atom. The fourth-order valence-electron chi connectivity index (χ4n) is 1.85. The van der Waals surface area contributed by atoms with E-state index in [4.69, 9.17) is 5.73 Å². The normalized spacial score (nSPS) is 13.2. The Labute approximate surface area is 110 Å². The molecule has 0 spiro atoms. The molecule has 1 unspecified atom stereocenters. The van der Waals surface area contributed by atoms with Gasteiger partial charge in [-0.2, -0.15) is 0 Å². The van der Waals surface area contributed by atoms with Crippen molar-refractivity contribution >= 4 is 5.91 Å². The van der Waals surface area contributed by atoms with Crippen molar-refractivity contribution in [3.8, 4) is 0 Å². The van der Waals surface area contributed by atoms with E-state index in [-0.39, 0.29) is 17.4 Å². The third kappa shape index (κ3) is 3.57. The van der Waals surface area contributed by atoms with E-state index < -0.39 is 0 Å². The van der Waals surface area contributed by atoms with Gasteiger partial charge in [0.1, 0.15) is 0 Å². The number of hydrogen-bond acceptors (Lipinski definition) is 2. The van der Waals surface area contributed by atoms with Gasteiger partial charge in [-0.3, -0.25) is 4.79 Å². The van der Waals surface area contributed by atoms with Crippen LogP contribution in [0.25, 0.3) is 0 Å². The van der Waals surface area contributed by atoms with Gasteiger partial charge in [-0.15, -0.1) is 0 Å². The topological polar surface area (TPSA) is 55.1 Å². The van der Waals surface area contributed by atoms with Crippen LogP contribution in [0.4, 0.5) is 0 Å². The highest BCUT2D eigenvalue weighted by molar-refractivity contribution is 5.96. The Balaban J connectivity index is 2.91. The van der Waals surface area contributed by atoms with Crippen molar-refractivity contribution in [1.29, 1.82) is 0 Å². The second-order valence-electron chi connectivity index (χ2n) is 5.95. The fourth-order valence-corrected chi connectivity index (χ4v) is 1.85. The summed E-state index contributed by atoms with van der Waals surface area (Å²) in [5.74, 6) is -0.0402. The van der Waals surface area contributed by atoms with Gasteiger partial charge in [-0.1, -0.05) is 38.5 Å². The summed E-state index contributed by atoms with van der Waals surface area (Å²) in [6.07, 6.45) is 0. The number of carbonyl (C=O) groups excluding carboxylic acids is 1. The molecular formula is C15H24N2O. The first-order valence-corrected chi connectivity index (χ1v) is 6.34. The molecule has 3 heteroatoms. The van der Waals surface area contributed by atoms with Gasteiger partial charge >= 0.3 is 0 Å². The van der Waals surface area contributed by atoms with Crippen LogP contribution in [0.5, 0.6) is 0 Å². The Morgan fingerprint density at radius 3 is 2.44 bits per heavy atom. The maximum atomic E-state index is 12.3. The molecule has 0 heterocycles. The number of carbonyl (C=O) groups is 1. The molecule has 0 aliphatic rings. The van der Waals surface area contributed by atoms with Crippen molar-refractivity contribution in [1.82, 2.24) is 5.32 Å². The van der Waals surface area contributed by atoms with E-state index in [1.54, 1.807) is 0 Å². The van der Waals surface area contributed by atoms with Gasteiger partial charge in [0.25, 0.3) is 5.91 Å². The number of aryl methyl sites for hydroxylation is 2. The highest BCUT2D eigenvalue weighted by atomic mass is 16.1. The van der Waals surface area contributed by atoms with Crippen LogP contribution in [0.1, 0.15) is 42.3 Å². The molecule has 0 fully saturated rings. The number of nitrogens with one attached hydrogen (secondary N) is 1. The Kier molecular flexibility index (Phi) is 4.52. The predicted molar refractivity (Wildman–Crippen MR) is 75.7 cm³/mol. The maximum Gasteiger partial charge on any atom is 0.251 e. The molecule has 3 N–H and O–H groups in total. The monoisotopic (exact) mass is 248 g/mol. The van der Waals surface area contributed by atoms with Crippen molar-refractivity contribution in [2.75, 3.05) is 6.54 Å². The highest BCUT2D eigenvalue weighted by Crippen LogP contribution is 2.19. The Morgan fingerprint density at radius 1 is 1.33 bits per heavy atom. The molecule has 1 atom stereocenters. The molecule has 0 radical (unpaired) electrons. The number of amides is 1. The summed E-state index contributed by atoms with van der Waals surface area (Å²) in [5, 5.41) is 3.03. The van der Waals surface area contributed by atoms with Gasteiger partial charge in [-0.05, 0) is 30.9 Å². The minimum Gasteiger partial charge on any atom is -0.347 e. The Bertz CT molecular complexity index is 433. The van der Waals surface area contributed by atoms with Crippen LogP contribution in [0.3, 0.4) is 0 Å². The summed E-state index contributed by atoms with van der Waals surface area (Å²) in [5.41, 5.74) is 8.51. The molecule has 0 bridgehead atoms. The molecular weight excluding hydrogens is 224 g/mol. The molecule has 0 saturated heterocycles. The zero-order chi connectivity index (χ0) is 13.9. The molecule has 1 rings (SSSR count). The maximum absolute atomic E-state index is 12.3. The molecule has 0 aromatic heterocycles. The molecule has 1 amide bonds. The minimum absolute atomic E-state index is 0.0232. The number of nitrogens with two attached hydrogens (primary N) is 1. The van der Waals surface area contributed by atoms with Gasteiger partial charge in [0.15, 0.2) is 0 Å². The second kappa shape index (κ2) is 5.53. The van der Waals surface area contributed by atoms with Crippen molar-refractivity contribution < 1.29 is 4.79 Å². The largest absolute Gasteiger partial charge is 0.347 e. The van der Waals surface area contributed by atoms with Crippen LogP contribution in [-0.4, -0.2) is 18.5 Å². The van der Waals surface area contributed by atoms with Gasteiger partial charge in [0.05, 0.1) is 0 Å². The lowest BCUT2D eigenvalue weighted by Gasteiger charge is -2.30.